The van der Waals surface area contributed by atoms with Crippen LogP contribution in [0.3, 0.4) is 0 Å². The Morgan fingerprint density at radius 2 is 1.93 bits per heavy atom. The third-order valence-electron chi connectivity index (χ3n) is 4.05. The number of hydrogen-bond acceptors (Lipinski definition) is 6. The van der Waals surface area contributed by atoms with Crippen LogP contribution < -0.4 is 15.4 Å². The molecule has 0 aliphatic carbocycles. The van der Waals surface area contributed by atoms with Crippen molar-refractivity contribution in [2.45, 2.75) is 6.42 Å². The lowest BCUT2D eigenvalue weighted by atomic mass is 10.1. The van der Waals surface area contributed by atoms with Crippen molar-refractivity contribution in [2.24, 2.45) is 0 Å². The number of benzene rings is 2. The van der Waals surface area contributed by atoms with Gasteiger partial charge in [0.15, 0.2) is 0 Å². The number of carbonyl (C=O) groups is 1. The van der Waals surface area contributed by atoms with Crippen molar-refractivity contribution in [3.8, 4) is 11.8 Å². The number of nitrogens with one attached hydrogen (secondary N) is 2. The molecule has 0 saturated carbocycles. The van der Waals surface area contributed by atoms with E-state index in [0.29, 0.717) is 23.7 Å². The molecule has 7 heteroatoms. The molecule has 0 bridgehead atoms. The predicted octanol–water partition coefficient (Wildman–Crippen LogP) is 3.26. The quantitative estimate of drug-likeness (QED) is 0.659. The fraction of sp³-hybridized carbons (Fsp3) is 0.143. The summed E-state index contributed by atoms with van der Waals surface area (Å²) in [6.07, 6.45) is 2.24. The zero-order chi connectivity index (χ0) is 19.8. The fourth-order valence-electron chi connectivity index (χ4n) is 2.66. The topological polar surface area (TPSA) is 99.9 Å². The number of hydrogen-bond donors (Lipinski definition) is 2. The van der Waals surface area contributed by atoms with E-state index in [0.717, 1.165) is 17.7 Å². The van der Waals surface area contributed by atoms with Crippen molar-refractivity contribution >= 4 is 17.5 Å². The van der Waals surface area contributed by atoms with Gasteiger partial charge >= 0.3 is 0 Å². The molecule has 140 valence electrons. The number of anilines is 2. The molecule has 0 unspecified atom stereocenters. The lowest BCUT2D eigenvalue weighted by Crippen LogP contribution is -2.16. The maximum atomic E-state index is 12.5. The van der Waals surface area contributed by atoms with Gasteiger partial charge in [-0.25, -0.2) is 9.97 Å². The zero-order valence-corrected chi connectivity index (χ0v) is 15.3. The SMILES string of the molecule is COc1ccccc1CCNc1nccc(C(=O)Nc2ccccc2C#N)n1. The van der Waals surface area contributed by atoms with E-state index in [-0.39, 0.29) is 5.69 Å². The van der Waals surface area contributed by atoms with E-state index in [1.54, 1.807) is 31.4 Å². The second kappa shape index (κ2) is 9.14. The maximum absolute atomic E-state index is 12.5. The Labute approximate surface area is 163 Å². The Morgan fingerprint density at radius 1 is 1.14 bits per heavy atom. The highest BCUT2D eigenvalue weighted by Crippen LogP contribution is 2.18. The molecule has 1 amide bonds. The number of methoxy groups -OCH3 is 1. The van der Waals surface area contributed by atoms with E-state index >= 15 is 0 Å². The highest BCUT2D eigenvalue weighted by Gasteiger charge is 2.11. The third-order valence-corrected chi connectivity index (χ3v) is 4.05. The van der Waals surface area contributed by atoms with Gasteiger partial charge in [-0.2, -0.15) is 5.26 Å². The van der Waals surface area contributed by atoms with E-state index < -0.39 is 5.91 Å². The van der Waals surface area contributed by atoms with Crippen LogP contribution in [-0.4, -0.2) is 29.5 Å². The third kappa shape index (κ3) is 4.62. The van der Waals surface area contributed by atoms with Gasteiger partial charge < -0.3 is 15.4 Å². The molecule has 0 aliphatic rings. The predicted molar refractivity (Wildman–Crippen MR) is 106 cm³/mol. The minimum Gasteiger partial charge on any atom is -0.496 e. The van der Waals surface area contributed by atoms with Gasteiger partial charge in [-0.05, 0) is 36.2 Å². The summed E-state index contributed by atoms with van der Waals surface area (Å²) in [5.74, 6) is 0.781. The summed E-state index contributed by atoms with van der Waals surface area (Å²) in [5, 5.41) is 15.0. The summed E-state index contributed by atoms with van der Waals surface area (Å²) in [6, 6.07) is 18.2. The normalized spacial score (nSPS) is 10.0. The molecule has 28 heavy (non-hydrogen) atoms. The maximum Gasteiger partial charge on any atom is 0.274 e. The molecule has 7 nitrogen and oxygen atoms in total. The Kier molecular flexibility index (Phi) is 6.16. The van der Waals surface area contributed by atoms with Gasteiger partial charge in [-0.3, -0.25) is 4.79 Å². The van der Waals surface area contributed by atoms with Crippen LogP contribution in [0.15, 0.2) is 60.8 Å². The molecule has 3 aromatic rings. The minimum absolute atomic E-state index is 0.211. The Balaban J connectivity index is 1.63. The number of para-hydroxylation sites is 2. The Bertz CT molecular complexity index is 1010. The Morgan fingerprint density at radius 3 is 2.75 bits per heavy atom. The fourth-order valence-corrected chi connectivity index (χ4v) is 2.66. The van der Waals surface area contributed by atoms with Crippen molar-refractivity contribution in [1.29, 1.82) is 5.26 Å². The smallest absolute Gasteiger partial charge is 0.274 e. The van der Waals surface area contributed by atoms with Gasteiger partial charge in [-0.1, -0.05) is 30.3 Å². The van der Waals surface area contributed by atoms with Gasteiger partial charge in [0, 0.05) is 12.7 Å². The second-order valence-electron chi connectivity index (χ2n) is 5.87. The molecular weight excluding hydrogens is 354 g/mol. The number of carbonyl (C=O) groups excluding carboxylic acids is 1. The van der Waals surface area contributed by atoms with E-state index in [4.69, 9.17) is 10.00 Å². The van der Waals surface area contributed by atoms with Crippen molar-refractivity contribution in [3.63, 3.8) is 0 Å². The lowest BCUT2D eigenvalue weighted by Gasteiger charge is -2.10. The number of ether oxygens (including phenoxy) is 1. The molecule has 0 spiro atoms. The van der Waals surface area contributed by atoms with Gasteiger partial charge in [0.1, 0.15) is 17.5 Å². The molecule has 0 atom stereocenters. The van der Waals surface area contributed by atoms with Crippen molar-refractivity contribution in [3.05, 3.63) is 77.6 Å². The van der Waals surface area contributed by atoms with Crippen molar-refractivity contribution in [2.75, 3.05) is 24.3 Å². The first-order valence-electron chi connectivity index (χ1n) is 8.70. The molecule has 0 aliphatic heterocycles. The average Bonchev–Trinajstić information content (AvgIpc) is 2.74. The summed E-state index contributed by atoms with van der Waals surface area (Å²) in [6.45, 7) is 0.586. The first kappa shape index (κ1) is 18.9. The summed E-state index contributed by atoms with van der Waals surface area (Å²) >= 11 is 0. The molecular formula is C21H19N5O2. The van der Waals surface area contributed by atoms with Crippen LogP contribution in [-0.2, 0) is 6.42 Å². The molecule has 1 aromatic heterocycles. The van der Waals surface area contributed by atoms with E-state index in [9.17, 15) is 4.79 Å². The molecule has 0 fully saturated rings. The van der Waals surface area contributed by atoms with Crippen LogP contribution in [0.5, 0.6) is 5.75 Å². The van der Waals surface area contributed by atoms with Crippen molar-refractivity contribution in [1.82, 2.24) is 9.97 Å². The summed E-state index contributed by atoms with van der Waals surface area (Å²) < 4.78 is 5.34. The standard InChI is InChI=1S/C21H19N5O2/c1-28-19-9-5-3-6-15(19)10-12-23-21-24-13-11-18(26-21)20(27)25-17-8-4-2-7-16(17)14-22/h2-9,11,13H,10,12H2,1H3,(H,25,27)(H,23,24,26). The molecule has 1 heterocycles. The molecule has 2 aromatic carbocycles. The molecule has 2 N–H and O–H groups in total. The first-order valence-corrected chi connectivity index (χ1v) is 8.70. The van der Waals surface area contributed by atoms with E-state index in [2.05, 4.69) is 20.6 Å². The van der Waals surface area contributed by atoms with Crippen LogP contribution in [0, 0.1) is 11.3 Å². The van der Waals surface area contributed by atoms with Crippen LogP contribution >= 0.6 is 0 Å². The van der Waals surface area contributed by atoms with Gasteiger partial charge in [0.05, 0.1) is 18.4 Å². The van der Waals surface area contributed by atoms with Crippen LogP contribution in [0.4, 0.5) is 11.6 Å². The molecule has 0 saturated heterocycles. The van der Waals surface area contributed by atoms with Crippen LogP contribution in [0.25, 0.3) is 0 Å². The van der Waals surface area contributed by atoms with E-state index in [1.807, 2.05) is 30.3 Å². The van der Waals surface area contributed by atoms with E-state index in [1.165, 1.54) is 12.3 Å². The minimum atomic E-state index is -0.405. The number of nitrogens with zero attached hydrogens (tertiary/aromatic N) is 3. The van der Waals surface area contributed by atoms with Crippen LogP contribution in [0.2, 0.25) is 0 Å². The molecule has 0 radical (unpaired) electrons. The summed E-state index contributed by atoms with van der Waals surface area (Å²) in [5.41, 5.74) is 2.11. The van der Waals surface area contributed by atoms with Gasteiger partial charge in [0.25, 0.3) is 5.91 Å². The van der Waals surface area contributed by atoms with Gasteiger partial charge in [0.2, 0.25) is 5.95 Å². The van der Waals surface area contributed by atoms with Gasteiger partial charge in [-0.15, -0.1) is 0 Å². The number of rotatable bonds is 7. The molecule has 3 rings (SSSR count). The highest BCUT2D eigenvalue weighted by atomic mass is 16.5. The first-order chi connectivity index (χ1) is 13.7. The lowest BCUT2D eigenvalue weighted by molar-refractivity contribution is 0.102. The number of nitriles is 1. The largest absolute Gasteiger partial charge is 0.496 e. The zero-order valence-electron chi connectivity index (χ0n) is 15.3. The van der Waals surface area contributed by atoms with Crippen LogP contribution in [0.1, 0.15) is 21.6 Å². The number of amides is 1. The average molecular weight is 373 g/mol. The summed E-state index contributed by atoms with van der Waals surface area (Å²) in [4.78, 5) is 20.9. The monoisotopic (exact) mass is 373 g/mol. The Hall–Kier alpha value is -3.92. The highest BCUT2D eigenvalue weighted by molar-refractivity contribution is 6.03. The second-order valence-corrected chi connectivity index (χ2v) is 5.87. The summed E-state index contributed by atoms with van der Waals surface area (Å²) in [7, 11) is 1.64. The van der Waals surface area contributed by atoms with Crippen molar-refractivity contribution < 1.29 is 9.53 Å². The number of aromatic nitrogens is 2.